The fourth-order valence-electron chi connectivity index (χ4n) is 7.76. The first-order valence-corrected chi connectivity index (χ1v) is 12.7. The van der Waals surface area contributed by atoms with Crippen LogP contribution in [-0.2, 0) is 21.7 Å². The normalized spacial score (nSPS) is 23.3. The highest BCUT2D eigenvalue weighted by molar-refractivity contribution is 9.10. The molecule has 0 aromatic heterocycles. The second-order valence-electron chi connectivity index (χ2n) is 12.9. The quantitative estimate of drug-likeness (QED) is 0.420. The van der Waals surface area contributed by atoms with Crippen molar-refractivity contribution in [3.63, 3.8) is 0 Å². The molecule has 0 heterocycles. The van der Waals surface area contributed by atoms with E-state index in [1.165, 1.54) is 17.3 Å². The molecule has 0 fully saturated rings. The number of hydrogen-bond donors (Lipinski definition) is 0. The van der Waals surface area contributed by atoms with Crippen molar-refractivity contribution in [2.24, 2.45) is 23.7 Å². The van der Waals surface area contributed by atoms with Gasteiger partial charge in [-0.05, 0) is 69.6 Å². The first-order chi connectivity index (χ1) is 13.1. The average Bonchev–Trinajstić information content (AvgIpc) is 2.96. The van der Waals surface area contributed by atoms with E-state index in [9.17, 15) is 0 Å². The minimum absolute atomic E-state index is 0.221. The van der Waals surface area contributed by atoms with Gasteiger partial charge in [-0.1, -0.05) is 105 Å². The van der Waals surface area contributed by atoms with Gasteiger partial charge in [-0.2, -0.15) is 0 Å². The van der Waals surface area contributed by atoms with Crippen LogP contribution in [0.2, 0.25) is 0 Å². The van der Waals surface area contributed by atoms with Gasteiger partial charge in [0.25, 0.3) is 0 Å². The van der Waals surface area contributed by atoms with E-state index in [1.807, 2.05) is 0 Å². The Bertz CT molecular complexity index is 724. The highest BCUT2D eigenvalue weighted by Gasteiger charge is 2.58. The van der Waals surface area contributed by atoms with Crippen LogP contribution in [-0.4, -0.2) is 0 Å². The Morgan fingerprint density at radius 1 is 0.621 bits per heavy atom. The van der Waals surface area contributed by atoms with Gasteiger partial charge in [0.2, 0.25) is 0 Å². The molecule has 0 N–H and O–H groups in total. The van der Waals surface area contributed by atoms with Gasteiger partial charge in [-0.25, -0.2) is 0 Å². The number of fused-ring (bicyclic) bond motifs is 2. The van der Waals surface area contributed by atoms with Crippen molar-refractivity contribution < 1.29 is 0 Å². The third-order valence-electron chi connectivity index (χ3n) is 9.25. The van der Waals surface area contributed by atoms with Gasteiger partial charge in [-0.15, -0.1) is 0 Å². The van der Waals surface area contributed by atoms with Crippen LogP contribution in [0, 0.1) is 23.7 Å². The third kappa shape index (κ3) is 2.88. The first-order valence-electron chi connectivity index (χ1n) is 12.0. The summed E-state index contributed by atoms with van der Waals surface area (Å²) < 4.78 is 1.46. The van der Waals surface area contributed by atoms with Crippen molar-refractivity contribution in [3.8, 4) is 0 Å². The van der Waals surface area contributed by atoms with E-state index >= 15 is 0 Å². The van der Waals surface area contributed by atoms with Gasteiger partial charge in [0.1, 0.15) is 0 Å². The topological polar surface area (TPSA) is 0 Å². The van der Waals surface area contributed by atoms with E-state index in [0.717, 1.165) is 0 Å². The molecule has 0 aliphatic heterocycles. The third-order valence-corrected chi connectivity index (χ3v) is 10.0. The standard InChI is InChI=1S/C28H45Br/c1-16(2)27(17(3)4)14-25(9,10)20-13-21-23(24(29)22(20)27)28(18(5)6,19(7)8)15-26(21,11)12/h13,16-19H,14-15H2,1-12H3. The molecule has 0 unspecified atom stereocenters. The van der Waals surface area contributed by atoms with Crippen molar-refractivity contribution >= 4 is 15.9 Å². The van der Waals surface area contributed by atoms with E-state index < -0.39 is 0 Å². The van der Waals surface area contributed by atoms with Gasteiger partial charge in [0.05, 0.1) is 0 Å². The summed E-state index contributed by atoms with van der Waals surface area (Å²) in [7, 11) is 0. The summed E-state index contributed by atoms with van der Waals surface area (Å²) in [5, 5.41) is 0. The molecule has 0 spiro atoms. The van der Waals surface area contributed by atoms with Crippen LogP contribution in [0.1, 0.15) is 118 Å². The van der Waals surface area contributed by atoms with Gasteiger partial charge >= 0.3 is 0 Å². The van der Waals surface area contributed by atoms with Crippen molar-refractivity contribution in [3.05, 3.63) is 32.8 Å². The van der Waals surface area contributed by atoms with Gasteiger partial charge in [0.15, 0.2) is 0 Å². The molecule has 3 rings (SSSR count). The lowest BCUT2D eigenvalue weighted by molar-refractivity contribution is 0.183. The van der Waals surface area contributed by atoms with E-state index in [4.69, 9.17) is 0 Å². The number of hydrogen-bond acceptors (Lipinski definition) is 0. The summed E-state index contributed by atoms with van der Waals surface area (Å²) in [5.74, 6) is 2.50. The van der Waals surface area contributed by atoms with Crippen molar-refractivity contribution in [1.29, 1.82) is 0 Å². The second-order valence-corrected chi connectivity index (χ2v) is 13.6. The molecular formula is C28H45Br. The Kier molecular flexibility index (Phi) is 5.52. The molecular weight excluding hydrogens is 416 g/mol. The summed E-state index contributed by atoms with van der Waals surface area (Å²) in [4.78, 5) is 0. The van der Waals surface area contributed by atoms with E-state index in [-0.39, 0.29) is 21.7 Å². The molecule has 1 heteroatoms. The Balaban J connectivity index is 2.50. The summed E-state index contributed by atoms with van der Waals surface area (Å²) in [5.41, 5.74) is 7.43. The summed E-state index contributed by atoms with van der Waals surface area (Å²) >= 11 is 4.31. The van der Waals surface area contributed by atoms with Crippen LogP contribution >= 0.6 is 15.9 Å². The molecule has 0 radical (unpaired) electrons. The fraction of sp³-hybridized carbons (Fsp3) is 0.786. The molecule has 0 atom stereocenters. The van der Waals surface area contributed by atoms with Crippen LogP contribution in [0.15, 0.2) is 10.5 Å². The van der Waals surface area contributed by atoms with Crippen LogP contribution in [0.4, 0.5) is 0 Å². The molecule has 0 amide bonds. The van der Waals surface area contributed by atoms with Crippen LogP contribution in [0.3, 0.4) is 0 Å². The summed E-state index contributed by atoms with van der Waals surface area (Å²) in [6, 6.07) is 2.66. The van der Waals surface area contributed by atoms with E-state index in [2.05, 4.69) is 105 Å². The van der Waals surface area contributed by atoms with Crippen LogP contribution < -0.4 is 0 Å². The van der Waals surface area contributed by atoms with Crippen LogP contribution in [0.5, 0.6) is 0 Å². The molecule has 0 saturated carbocycles. The highest BCUT2D eigenvalue weighted by Crippen LogP contribution is 2.65. The smallest absolute Gasteiger partial charge is 0.0256 e. The van der Waals surface area contributed by atoms with Crippen molar-refractivity contribution in [2.75, 3.05) is 0 Å². The number of halogens is 1. The lowest BCUT2D eigenvalue weighted by Crippen LogP contribution is -2.39. The SMILES string of the molecule is CC(C)C1(C(C)C)CC(C)(C)c2cc3c(c(Br)c21)C(C(C)C)(C(C)C)CC3(C)C. The molecule has 164 valence electrons. The maximum absolute atomic E-state index is 4.31. The monoisotopic (exact) mass is 460 g/mol. The molecule has 1 aromatic carbocycles. The molecule has 2 aliphatic carbocycles. The molecule has 1 aromatic rings. The minimum Gasteiger partial charge on any atom is -0.0619 e. The predicted molar refractivity (Wildman–Crippen MR) is 132 cm³/mol. The lowest BCUT2D eigenvalue weighted by Gasteiger charge is -2.43. The summed E-state index contributed by atoms with van der Waals surface area (Å²) in [6.45, 7) is 29.5. The Labute approximate surface area is 189 Å². The average molecular weight is 462 g/mol. The van der Waals surface area contributed by atoms with Crippen molar-refractivity contribution in [1.82, 2.24) is 0 Å². The van der Waals surface area contributed by atoms with Gasteiger partial charge < -0.3 is 0 Å². The zero-order chi connectivity index (χ0) is 22.3. The van der Waals surface area contributed by atoms with Crippen LogP contribution in [0.25, 0.3) is 0 Å². The summed E-state index contributed by atoms with van der Waals surface area (Å²) in [6.07, 6.45) is 2.51. The molecule has 0 bridgehead atoms. The Morgan fingerprint density at radius 3 is 1.14 bits per heavy atom. The second kappa shape index (κ2) is 6.85. The molecule has 29 heavy (non-hydrogen) atoms. The zero-order valence-corrected chi connectivity index (χ0v) is 22.8. The first kappa shape index (κ1) is 23.4. The maximum atomic E-state index is 4.31. The minimum atomic E-state index is 0.221. The van der Waals surface area contributed by atoms with E-state index in [1.54, 1.807) is 22.3 Å². The number of rotatable bonds is 4. The zero-order valence-electron chi connectivity index (χ0n) is 21.2. The fourth-order valence-corrected chi connectivity index (χ4v) is 8.93. The predicted octanol–water partition coefficient (Wildman–Crippen LogP) is 8.91. The molecule has 2 aliphatic rings. The van der Waals surface area contributed by atoms with Gasteiger partial charge in [0, 0.05) is 15.3 Å². The Hall–Kier alpha value is -0.300. The maximum Gasteiger partial charge on any atom is 0.0256 e. The highest BCUT2D eigenvalue weighted by atomic mass is 79.9. The number of benzene rings is 1. The molecule has 0 saturated heterocycles. The van der Waals surface area contributed by atoms with Gasteiger partial charge in [-0.3, -0.25) is 0 Å². The lowest BCUT2D eigenvalue weighted by atomic mass is 9.61. The van der Waals surface area contributed by atoms with Crippen molar-refractivity contribution in [2.45, 2.75) is 118 Å². The Morgan fingerprint density at radius 2 is 0.897 bits per heavy atom. The largest absolute Gasteiger partial charge is 0.0619 e. The van der Waals surface area contributed by atoms with E-state index in [0.29, 0.717) is 23.7 Å². The molecule has 0 nitrogen and oxygen atoms in total.